The van der Waals surface area contributed by atoms with E-state index in [0.717, 1.165) is 24.2 Å². The number of nitrogens with two attached hydrogens (primary N) is 1. The Hall–Kier alpha value is -2.27. The minimum absolute atomic E-state index is 0.000733. The van der Waals surface area contributed by atoms with Crippen LogP contribution in [0.4, 0.5) is 0 Å². The summed E-state index contributed by atoms with van der Waals surface area (Å²) < 4.78 is 11.1. The molecule has 1 heterocycles. The Kier molecular flexibility index (Phi) is 6.12. The van der Waals surface area contributed by atoms with Crippen molar-refractivity contribution in [2.75, 3.05) is 6.54 Å². The first-order valence-electron chi connectivity index (χ1n) is 9.03. The summed E-state index contributed by atoms with van der Waals surface area (Å²) in [5.74, 6) is 1.32. The Morgan fingerprint density at radius 3 is 2.68 bits per heavy atom. The molecule has 2 aromatic rings. The molecule has 1 amide bonds. The van der Waals surface area contributed by atoms with Crippen LogP contribution in [0.1, 0.15) is 48.2 Å². The van der Waals surface area contributed by atoms with Gasteiger partial charge >= 0.3 is 0 Å². The summed E-state index contributed by atoms with van der Waals surface area (Å²) in [5.41, 5.74) is 6.64. The highest BCUT2D eigenvalue weighted by molar-refractivity contribution is 5.93. The molecule has 1 aromatic carbocycles. The number of nitrogens with one attached hydrogen (secondary N) is 1. The van der Waals surface area contributed by atoms with E-state index >= 15 is 0 Å². The number of carbonyl (C=O) groups excluding carboxylic acids is 1. The zero-order valence-corrected chi connectivity index (χ0v) is 14.4. The van der Waals surface area contributed by atoms with Gasteiger partial charge in [-0.1, -0.05) is 37.5 Å². The molecule has 1 atom stereocenters. The number of carbonyl (C=O) groups is 1. The van der Waals surface area contributed by atoms with Crippen molar-refractivity contribution in [2.45, 2.75) is 44.8 Å². The Bertz CT molecular complexity index is 663. The predicted molar refractivity (Wildman–Crippen MR) is 96.4 cm³/mol. The van der Waals surface area contributed by atoms with E-state index in [1.807, 2.05) is 30.3 Å². The lowest BCUT2D eigenvalue weighted by atomic mass is 9.84. The van der Waals surface area contributed by atoms with E-state index in [1.165, 1.54) is 25.5 Å². The highest BCUT2D eigenvalue weighted by atomic mass is 16.5. The molecule has 3 N–H and O–H groups in total. The molecule has 1 unspecified atom stereocenters. The third kappa shape index (κ3) is 4.63. The van der Waals surface area contributed by atoms with Crippen molar-refractivity contribution in [3.63, 3.8) is 0 Å². The Morgan fingerprint density at radius 1 is 1.20 bits per heavy atom. The van der Waals surface area contributed by atoms with Crippen molar-refractivity contribution < 1.29 is 13.9 Å². The number of hydrogen-bond donors (Lipinski definition) is 2. The summed E-state index contributed by atoms with van der Waals surface area (Å²) in [6.07, 6.45) is 7.49. The summed E-state index contributed by atoms with van der Waals surface area (Å²) in [7, 11) is 0. The molecule has 0 saturated heterocycles. The van der Waals surface area contributed by atoms with Crippen molar-refractivity contribution in [3.05, 3.63) is 54.0 Å². The largest absolute Gasteiger partial charge is 0.489 e. The Labute approximate surface area is 148 Å². The lowest BCUT2D eigenvalue weighted by molar-refractivity contribution is 0.0884. The van der Waals surface area contributed by atoms with Crippen LogP contribution >= 0.6 is 0 Å². The number of amides is 1. The summed E-state index contributed by atoms with van der Waals surface area (Å²) in [6, 6.07) is 11.3. The molecule has 5 heteroatoms. The fourth-order valence-corrected chi connectivity index (χ4v) is 3.47. The van der Waals surface area contributed by atoms with Gasteiger partial charge in [-0.05, 0) is 37.0 Å². The molecule has 1 fully saturated rings. The van der Waals surface area contributed by atoms with Crippen LogP contribution in [0.15, 0.2) is 47.1 Å². The number of rotatable bonds is 7. The molecule has 25 heavy (non-hydrogen) atoms. The standard InChI is InChI=1S/C20H26N2O3/c21-13-18(15-7-3-1-4-8-15)22-20(23)19-16(11-12-24-19)14-25-17-9-5-2-6-10-17/h2,5-6,9-12,15,18H,1,3-4,7-8,13-14,21H2,(H,22,23). The fraction of sp³-hybridized carbons (Fsp3) is 0.450. The van der Waals surface area contributed by atoms with Gasteiger partial charge in [0.25, 0.3) is 5.91 Å². The molecular weight excluding hydrogens is 316 g/mol. The molecule has 1 aliphatic carbocycles. The molecule has 5 nitrogen and oxygen atoms in total. The van der Waals surface area contributed by atoms with Crippen molar-refractivity contribution in [1.82, 2.24) is 5.32 Å². The molecule has 0 aliphatic heterocycles. The maximum absolute atomic E-state index is 12.6. The first-order valence-corrected chi connectivity index (χ1v) is 9.03. The molecule has 3 rings (SSSR count). The molecule has 0 spiro atoms. The minimum Gasteiger partial charge on any atom is -0.489 e. The Morgan fingerprint density at radius 2 is 1.96 bits per heavy atom. The van der Waals surface area contributed by atoms with Crippen LogP contribution in [-0.2, 0) is 6.61 Å². The molecule has 134 valence electrons. The maximum atomic E-state index is 12.6. The van der Waals surface area contributed by atoms with E-state index in [0.29, 0.717) is 24.8 Å². The number of ether oxygens (including phenoxy) is 1. The predicted octanol–water partition coefficient (Wildman–Crippen LogP) is 3.50. The van der Waals surface area contributed by atoms with Gasteiger partial charge in [0.05, 0.1) is 6.26 Å². The van der Waals surface area contributed by atoms with Gasteiger partial charge in [0.2, 0.25) is 0 Å². The van der Waals surface area contributed by atoms with Gasteiger partial charge in [-0.15, -0.1) is 0 Å². The highest BCUT2D eigenvalue weighted by Gasteiger charge is 2.26. The monoisotopic (exact) mass is 342 g/mol. The van der Waals surface area contributed by atoms with Gasteiger partial charge in [-0.2, -0.15) is 0 Å². The first kappa shape index (κ1) is 17.5. The van der Waals surface area contributed by atoms with Crippen LogP contribution in [-0.4, -0.2) is 18.5 Å². The molecule has 1 aliphatic rings. The molecule has 0 bridgehead atoms. The van der Waals surface area contributed by atoms with Gasteiger partial charge in [0, 0.05) is 18.2 Å². The first-order chi connectivity index (χ1) is 12.3. The minimum atomic E-state index is -0.210. The maximum Gasteiger partial charge on any atom is 0.287 e. The van der Waals surface area contributed by atoms with Crippen LogP contribution < -0.4 is 15.8 Å². The molecule has 1 saturated carbocycles. The smallest absolute Gasteiger partial charge is 0.287 e. The van der Waals surface area contributed by atoms with Gasteiger partial charge in [0.15, 0.2) is 5.76 Å². The zero-order chi connectivity index (χ0) is 17.5. The lowest BCUT2D eigenvalue weighted by Crippen LogP contribution is -2.46. The van der Waals surface area contributed by atoms with Crippen LogP contribution in [0.25, 0.3) is 0 Å². The quantitative estimate of drug-likeness (QED) is 0.807. The summed E-state index contributed by atoms with van der Waals surface area (Å²) in [5, 5.41) is 3.06. The van der Waals surface area contributed by atoms with Crippen LogP contribution in [0.5, 0.6) is 5.75 Å². The van der Waals surface area contributed by atoms with E-state index in [9.17, 15) is 4.79 Å². The van der Waals surface area contributed by atoms with E-state index < -0.39 is 0 Å². The van der Waals surface area contributed by atoms with Gasteiger partial charge in [-0.3, -0.25) is 4.79 Å². The van der Waals surface area contributed by atoms with Crippen LogP contribution in [0.3, 0.4) is 0 Å². The van der Waals surface area contributed by atoms with Crippen LogP contribution in [0, 0.1) is 5.92 Å². The number of para-hydroxylation sites is 1. The van der Waals surface area contributed by atoms with E-state index in [2.05, 4.69) is 5.32 Å². The van der Waals surface area contributed by atoms with E-state index in [4.69, 9.17) is 14.9 Å². The summed E-state index contributed by atoms with van der Waals surface area (Å²) in [6.45, 7) is 0.743. The van der Waals surface area contributed by atoms with Crippen molar-refractivity contribution >= 4 is 5.91 Å². The second kappa shape index (κ2) is 8.72. The van der Waals surface area contributed by atoms with Crippen molar-refractivity contribution in [1.29, 1.82) is 0 Å². The normalized spacial score (nSPS) is 16.4. The molecule has 0 radical (unpaired) electrons. The highest BCUT2D eigenvalue weighted by Crippen LogP contribution is 2.26. The summed E-state index contributed by atoms with van der Waals surface area (Å²) in [4.78, 5) is 12.6. The number of furan rings is 1. The van der Waals surface area contributed by atoms with Gasteiger partial charge in [-0.25, -0.2) is 0 Å². The van der Waals surface area contributed by atoms with Crippen molar-refractivity contribution in [3.8, 4) is 5.75 Å². The number of hydrogen-bond acceptors (Lipinski definition) is 4. The topological polar surface area (TPSA) is 77.5 Å². The SMILES string of the molecule is NCC(NC(=O)c1occc1COc1ccccc1)C1CCCCC1. The number of benzene rings is 1. The molecular formula is C20H26N2O3. The second-order valence-corrected chi connectivity index (χ2v) is 6.59. The average Bonchev–Trinajstić information content (AvgIpc) is 3.14. The lowest BCUT2D eigenvalue weighted by Gasteiger charge is -2.29. The third-order valence-electron chi connectivity index (χ3n) is 4.88. The third-order valence-corrected chi connectivity index (χ3v) is 4.88. The summed E-state index contributed by atoms with van der Waals surface area (Å²) >= 11 is 0. The van der Waals surface area contributed by atoms with Crippen molar-refractivity contribution in [2.24, 2.45) is 11.7 Å². The molecule has 1 aromatic heterocycles. The average molecular weight is 342 g/mol. The Balaban J connectivity index is 1.61. The van der Waals surface area contributed by atoms with Crippen LogP contribution in [0.2, 0.25) is 0 Å². The van der Waals surface area contributed by atoms with E-state index in [-0.39, 0.29) is 11.9 Å². The van der Waals surface area contributed by atoms with Gasteiger partial charge < -0.3 is 20.2 Å². The second-order valence-electron chi connectivity index (χ2n) is 6.59. The fourth-order valence-electron chi connectivity index (χ4n) is 3.47. The van der Waals surface area contributed by atoms with Gasteiger partial charge in [0.1, 0.15) is 12.4 Å². The zero-order valence-electron chi connectivity index (χ0n) is 14.4. The van der Waals surface area contributed by atoms with E-state index in [1.54, 1.807) is 6.07 Å².